The summed E-state index contributed by atoms with van der Waals surface area (Å²) in [6.07, 6.45) is 7.62. The molecule has 0 saturated carbocycles. The summed E-state index contributed by atoms with van der Waals surface area (Å²) < 4.78 is 7.61. The molecule has 1 aromatic rings. The lowest BCUT2D eigenvalue weighted by Crippen LogP contribution is -2.33. The number of hydrogen-bond acceptors (Lipinski definition) is 3. The molecule has 0 amide bonds. The molecule has 0 aromatic carbocycles. The lowest BCUT2D eigenvalue weighted by Gasteiger charge is -2.26. The van der Waals surface area contributed by atoms with Gasteiger partial charge in [0.1, 0.15) is 0 Å². The van der Waals surface area contributed by atoms with Gasteiger partial charge in [-0.2, -0.15) is 5.10 Å². The zero-order valence-corrected chi connectivity index (χ0v) is 12.1. The third-order valence-electron chi connectivity index (χ3n) is 3.20. The van der Waals surface area contributed by atoms with Gasteiger partial charge < -0.3 is 10.1 Å². The van der Waals surface area contributed by atoms with Gasteiger partial charge in [0.15, 0.2) is 0 Å². The predicted octanol–water partition coefficient (Wildman–Crippen LogP) is 2.76. The van der Waals surface area contributed by atoms with E-state index in [9.17, 15) is 0 Å². The molecule has 4 nitrogen and oxygen atoms in total. The summed E-state index contributed by atoms with van der Waals surface area (Å²) in [4.78, 5) is 0. The summed E-state index contributed by atoms with van der Waals surface area (Å²) in [5.74, 6) is 0. The molecule has 2 atom stereocenters. The second kappa shape index (κ2) is 8.27. The zero-order chi connectivity index (χ0) is 13.4. The largest absolute Gasteiger partial charge is 0.379 e. The smallest absolute Gasteiger partial charge is 0.0767 e. The Morgan fingerprint density at radius 2 is 2.11 bits per heavy atom. The summed E-state index contributed by atoms with van der Waals surface area (Å²) in [5.41, 5.74) is 1.23. The first-order valence-electron chi connectivity index (χ1n) is 7.05. The maximum absolute atomic E-state index is 5.65. The van der Waals surface area contributed by atoms with Crippen molar-refractivity contribution < 1.29 is 4.74 Å². The van der Waals surface area contributed by atoms with E-state index in [1.165, 1.54) is 5.56 Å². The van der Waals surface area contributed by atoms with Gasteiger partial charge in [0.25, 0.3) is 0 Å². The van der Waals surface area contributed by atoms with Crippen LogP contribution in [0.15, 0.2) is 12.4 Å². The number of methoxy groups -OCH3 is 1. The molecule has 104 valence electrons. The standard InChI is InChI=1S/C14H27N3O/c1-5-8-13(18-4)14(15-9-6-2)12-10-16-17(7-3)11-12/h10-11,13-15H,5-9H2,1-4H3. The van der Waals surface area contributed by atoms with Crippen LogP contribution in [0.3, 0.4) is 0 Å². The van der Waals surface area contributed by atoms with E-state index in [4.69, 9.17) is 4.74 Å². The highest BCUT2D eigenvalue weighted by atomic mass is 16.5. The Morgan fingerprint density at radius 1 is 1.33 bits per heavy atom. The number of aromatic nitrogens is 2. The molecule has 1 rings (SSSR count). The molecule has 0 fully saturated rings. The van der Waals surface area contributed by atoms with Crippen molar-refractivity contribution in [2.45, 2.75) is 58.7 Å². The average Bonchev–Trinajstić information content (AvgIpc) is 2.86. The van der Waals surface area contributed by atoms with Gasteiger partial charge in [-0.3, -0.25) is 4.68 Å². The van der Waals surface area contributed by atoms with Crippen molar-refractivity contribution in [2.75, 3.05) is 13.7 Å². The fraction of sp³-hybridized carbons (Fsp3) is 0.786. The SMILES string of the molecule is CCCNC(c1cnn(CC)c1)C(CCC)OC. The first kappa shape index (κ1) is 15.2. The van der Waals surface area contributed by atoms with E-state index in [1.807, 2.05) is 10.9 Å². The van der Waals surface area contributed by atoms with Crippen LogP contribution in [0.4, 0.5) is 0 Å². The van der Waals surface area contributed by atoms with Gasteiger partial charge in [-0.25, -0.2) is 0 Å². The Labute approximate surface area is 111 Å². The van der Waals surface area contributed by atoms with Gasteiger partial charge in [0.2, 0.25) is 0 Å². The minimum Gasteiger partial charge on any atom is -0.379 e. The van der Waals surface area contributed by atoms with E-state index < -0.39 is 0 Å². The van der Waals surface area contributed by atoms with E-state index in [0.29, 0.717) is 0 Å². The van der Waals surface area contributed by atoms with E-state index in [2.05, 4.69) is 37.4 Å². The highest BCUT2D eigenvalue weighted by molar-refractivity contribution is 5.12. The van der Waals surface area contributed by atoms with Crippen molar-refractivity contribution in [1.29, 1.82) is 0 Å². The van der Waals surface area contributed by atoms with E-state index in [-0.39, 0.29) is 12.1 Å². The van der Waals surface area contributed by atoms with Crippen LogP contribution in [0.5, 0.6) is 0 Å². The molecule has 0 aliphatic heterocycles. The van der Waals surface area contributed by atoms with E-state index in [0.717, 1.165) is 32.4 Å². The van der Waals surface area contributed by atoms with Crippen molar-refractivity contribution in [3.8, 4) is 0 Å². The lowest BCUT2D eigenvalue weighted by molar-refractivity contribution is 0.0606. The maximum atomic E-state index is 5.65. The first-order chi connectivity index (χ1) is 8.76. The molecule has 0 aliphatic carbocycles. The van der Waals surface area contributed by atoms with Gasteiger partial charge in [0.05, 0.1) is 18.3 Å². The maximum Gasteiger partial charge on any atom is 0.0767 e. The Kier molecular flexibility index (Phi) is 6.98. The average molecular weight is 253 g/mol. The summed E-state index contributed by atoms with van der Waals surface area (Å²) in [5, 5.41) is 7.94. The van der Waals surface area contributed by atoms with Crippen LogP contribution in [0.25, 0.3) is 0 Å². The van der Waals surface area contributed by atoms with Gasteiger partial charge in [0, 0.05) is 25.4 Å². The minimum absolute atomic E-state index is 0.219. The number of nitrogens with one attached hydrogen (secondary N) is 1. The number of hydrogen-bond donors (Lipinski definition) is 1. The van der Waals surface area contributed by atoms with Crippen LogP contribution in [0.1, 0.15) is 51.6 Å². The Balaban J connectivity index is 2.81. The molecule has 1 heterocycles. The zero-order valence-electron chi connectivity index (χ0n) is 12.1. The molecule has 2 unspecified atom stereocenters. The number of aryl methyl sites for hydroxylation is 1. The topological polar surface area (TPSA) is 39.1 Å². The first-order valence-corrected chi connectivity index (χ1v) is 7.05. The van der Waals surface area contributed by atoms with Crippen LogP contribution in [-0.2, 0) is 11.3 Å². The molecule has 0 spiro atoms. The van der Waals surface area contributed by atoms with E-state index >= 15 is 0 Å². The second-order valence-corrected chi connectivity index (χ2v) is 4.62. The Bertz CT molecular complexity index is 325. The van der Waals surface area contributed by atoms with Gasteiger partial charge in [-0.05, 0) is 26.3 Å². The quantitative estimate of drug-likeness (QED) is 0.735. The number of nitrogens with zero attached hydrogens (tertiary/aromatic N) is 2. The predicted molar refractivity (Wildman–Crippen MR) is 74.6 cm³/mol. The van der Waals surface area contributed by atoms with Crippen molar-refractivity contribution >= 4 is 0 Å². The molecule has 18 heavy (non-hydrogen) atoms. The Hall–Kier alpha value is -0.870. The van der Waals surface area contributed by atoms with Crippen LogP contribution in [0.2, 0.25) is 0 Å². The van der Waals surface area contributed by atoms with Crippen LogP contribution >= 0.6 is 0 Å². The normalized spacial score (nSPS) is 14.7. The molecule has 0 saturated heterocycles. The highest BCUT2D eigenvalue weighted by Gasteiger charge is 2.22. The minimum atomic E-state index is 0.219. The molecule has 0 radical (unpaired) electrons. The molecular formula is C14H27N3O. The Morgan fingerprint density at radius 3 is 2.61 bits per heavy atom. The van der Waals surface area contributed by atoms with Crippen molar-refractivity contribution in [2.24, 2.45) is 0 Å². The second-order valence-electron chi connectivity index (χ2n) is 4.62. The molecule has 0 aliphatic rings. The molecule has 4 heteroatoms. The third-order valence-corrected chi connectivity index (χ3v) is 3.20. The van der Waals surface area contributed by atoms with E-state index in [1.54, 1.807) is 7.11 Å². The fourth-order valence-corrected chi connectivity index (χ4v) is 2.18. The fourth-order valence-electron chi connectivity index (χ4n) is 2.18. The van der Waals surface area contributed by atoms with Crippen LogP contribution in [0, 0.1) is 0 Å². The summed E-state index contributed by atoms with van der Waals surface area (Å²) in [7, 11) is 1.80. The van der Waals surface area contributed by atoms with Crippen molar-refractivity contribution in [3.63, 3.8) is 0 Å². The summed E-state index contributed by atoms with van der Waals surface area (Å²) in [6, 6.07) is 0.246. The number of rotatable bonds is 9. The summed E-state index contributed by atoms with van der Waals surface area (Å²) >= 11 is 0. The summed E-state index contributed by atoms with van der Waals surface area (Å²) in [6.45, 7) is 8.39. The lowest BCUT2D eigenvalue weighted by atomic mass is 10.0. The molecule has 1 N–H and O–H groups in total. The van der Waals surface area contributed by atoms with Crippen molar-refractivity contribution in [3.05, 3.63) is 18.0 Å². The van der Waals surface area contributed by atoms with Gasteiger partial charge >= 0.3 is 0 Å². The van der Waals surface area contributed by atoms with Gasteiger partial charge in [-0.1, -0.05) is 20.3 Å². The number of ether oxygens (including phenoxy) is 1. The highest BCUT2D eigenvalue weighted by Crippen LogP contribution is 2.22. The monoisotopic (exact) mass is 253 g/mol. The molecular weight excluding hydrogens is 226 g/mol. The third kappa shape index (κ3) is 4.10. The van der Waals surface area contributed by atoms with Crippen LogP contribution < -0.4 is 5.32 Å². The van der Waals surface area contributed by atoms with Gasteiger partial charge in [-0.15, -0.1) is 0 Å². The van der Waals surface area contributed by atoms with Crippen molar-refractivity contribution in [1.82, 2.24) is 15.1 Å². The molecule has 1 aromatic heterocycles. The molecule has 0 bridgehead atoms. The van der Waals surface area contributed by atoms with Crippen LogP contribution in [-0.4, -0.2) is 29.5 Å².